The van der Waals surface area contributed by atoms with Gasteiger partial charge in [0.25, 0.3) is 0 Å². The van der Waals surface area contributed by atoms with Gasteiger partial charge in [0.2, 0.25) is 0 Å². The summed E-state index contributed by atoms with van der Waals surface area (Å²) in [4.78, 5) is 0. The molecule has 1 rings (SSSR count). The zero-order valence-electron chi connectivity index (χ0n) is 10.9. The molecular weight excluding hydrogens is 198 g/mol. The van der Waals surface area contributed by atoms with Gasteiger partial charge in [-0.3, -0.25) is 0 Å². The van der Waals surface area contributed by atoms with Crippen LogP contribution < -0.4 is 0 Å². The summed E-state index contributed by atoms with van der Waals surface area (Å²) in [5, 5.41) is 19.7. The Hall–Kier alpha value is -0.550. The van der Waals surface area contributed by atoms with E-state index in [2.05, 4.69) is 19.9 Å². The van der Waals surface area contributed by atoms with Crippen LogP contribution in [0.5, 0.6) is 0 Å². The van der Waals surface area contributed by atoms with Gasteiger partial charge in [0.05, 0.1) is 17.6 Å². The van der Waals surface area contributed by atoms with Crippen molar-refractivity contribution in [3.8, 4) is 6.07 Å². The molecule has 1 aliphatic rings. The summed E-state index contributed by atoms with van der Waals surface area (Å²) in [6.07, 6.45) is 5.89. The molecule has 1 N–H and O–H groups in total. The van der Waals surface area contributed by atoms with E-state index in [4.69, 9.17) is 5.26 Å². The van der Waals surface area contributed by atoms with Gasteiger partial charge in [-0.15, -0.1) is 0 Å². The Labute approximate surface area is 99.7 Å². The minimum absolute atomic E-state index is 0.178. The molecule has 0 aromatic heterocycles. The van der Waals surface area contributed by atoms with Crippen LogP contribution in [0.2, 0.25) is 0 Å². The summed E-state index contributed by atoms with van der Waals surface area (Å²) in [7, 11) is 0. The van der Waals surface area contributed by atoms with Gasteiger partial charge in [0, 0.05) is 0 Å². The van der Waals surface area contributed by atoms with Gasteiger partial charge < -0.3 is 5.11 Å². The summed E-state index contributed by atoms with van der Waals surface area (Å²) in [5.41, 5.74) is -0.707. The lowest BCUT2D eigenvalue weighted by Crippen LogP contribution is -2.42. The first-order valence-corrected chi connectivity index (χ1v) is 6.63. The van der Waals surface area contributed by atoms with Crippen molar-refractivity contribution in [2.45, 2.75) is 64.9 Å². The first-order chi connectivity index (χ1) is 7.51. The number of nitrogens with zero attached hydrogens (tertiary/aromatic N) is 1. The van der Waals surface area contributed by atoms with Crippen LogP contribution in [0.25, 0.3) is 0 Å². The van der Waals surface area contributed by atoms with Crippen molar-refractivity contribution in [3.63, 3.8) is 0 Å². The second-order valence-electron chi connectivity index (χ2n) is 5.79. The topological polar surface area (TPSA) is 44.0 Å². The molecule has 16 heavy (non-hydrogen) atoms. The average molecular weight is 223 g/mol. The number of hydrogen-bond acceptors (Lipinski definition) is 2. The van der Waals surface area contributed by atoms with E-state index in [1.54, 1.807) is 0 Å². The average Bonchev–Trinajstić information content (AvgIpc) is 2.17. The molecule has 0 bridgehead atoms. The van der Waals surface area contributed by atoms with Gasteiger partial charge in [-0.25, -0.2) is 0 Å². The molecule has 3 unspecified atom stereocenters. The fourth-order valence-electron chi connectivity index (χ4n) is 3.18. The first-order valence-electron chi connectivity index (χ1n) is 6.63. The second-order valence-corrected chi connectivity index (χ2v) is 5.79. The third-order valence-electron chi connectivity index (χ3n) is 3.88. The molecule has 1 aliphatic carbocycles. The normalized spacial score (nSPS) is 32.4. The maximum Gasteiger partial charge on any atom is 0.0807 e. The van der Waals surface area contributed by atoms with Crippen LogP contribution in [0.1, 0.15) is 59.3 Å². The highest BCUT2D eigenvalue weighted by atomic mass is 16.3. The van der Waals surface area contributed by atoms with Crippen molar-refractivity contribution in [1.29, 1.82) is 5.26 Å². The Balaban J connectivity index is 2.64. The lowest BCUT2D eigenvalue weighted by molar-refractivity contribution is -0.0515. The summed E-state index contributed by atoms with van der Waals surface area (Å²) >= 11 is 0. The number of rotatable bonds is 4. The van der Waals surface area contributed by atoms with E-state index in [1.807, 2.05) is 6.92 Å². The highest BCUT2D eigenvalue weighted by Gasteiger charge is 2.40. The Bertz CT molecular complexity index is 256. The molecule has 1 saturated carbocycles. The zero-order chi connectivity index (χ0) is 12.2. The van der Waals surface area contributed by atoms with Crippen molar-refractivity contribution in [3.05, 3.63) is 0 Å². The molecule has 0 aromatic rings. The van der Waals surface area contributed by atoms with Crippen LogP contribution in [0.3, 0.4) is 0 Å². The molecule has 0 saturated heterocycles. The van der Waals surface area contributed by atoms with Gasteiger partial charge >= 0.3 is 0 Å². The van der Waals surface area contributed by atoms with E-state index in [0.717, 1.165) is 25.7 Å². The maximum atomic E-state index is 10.6. The van der Waals surface area contributed by atoms with E-state index >= 15 is 0 Å². The van der Waals surface area contributed by atoms with Crippen molar-refractivity contribution in [2.24, 2.45) is 17.8 Å². The molecule has 0 aliphatic heterocycles. The van der Waals surface area contributed by atoms with Gasteiger partial charge in [-0.2, -0.15) is 5.26 Å². The number of hydrogen-bond donors (Lipinski definition) is 1. The van der Waals surface area contributed by atoms with Gasteiger partial charge in [-0.05, 0) is 37.5 Å². The lowest BCUT2D eigenvalue weighted by atomic mass is 9.69. The van der Waals surface area contributed by atoms with Crippen LogP contribution in [0.15, 0.2) is 0 Å². The number of nitriles is 1. The van der Waals surface area contributed by atoms with Crippen LogP contribution in [0, 0.1) is 29.1 Å². The monoisotopic (exact) mass is 223 g/mol. The minimum Gasteiger partial charge on any atom is -0.389 e. The molecule has 0 amide bonds. The fourth-order valence-corrected chi connectivity index (χ4v) is 3.18. The molecule has 2 heteroatoms. The van der Waals surface area contributed by atoms with Gasteiger partial charge in [-0.1, -0.05) is 33.6 Å². The van der Waals surface area contributed by atoms with E-state index in [1.165, 1.54) is 12.8 Å². The number of aliphatic hydroxyl groups is 1. The molecule has 0 radical (unpaired) electrons. The van der Waals surface area contributed by atoms with E-state index < -0.39 is 5.60 Å². The van der Waals surface area contributed by atoms with Crippen LogP contribution in [0.4, 0.5) is 0 Å². The summed E-state index contributed by atoms with van der Waals surface area (Å²) in [5.74, 6) is 1.12. The van der Waals surface area contributed by atoms with E-state index in [9.17, 15) is 5.11 Å². The smallest absolute Gasteiger partial charge is 0.0807 e. The predicted octanol–water partition coefficient (Wildman–Crippen LogP) is 3.50. The zero-order valence-corrected chi connectivity index (χ0v) is 10.9. The Kier molecular flexibility index (Phi) is 4.80. The minimum atomic E-state index is -0.707. The highest BCUT2D eigenvalue weighted by molar-refractivity contribution is 5.00. The van der Waals surface area contributed by atoms with Crippen molar-refractivity contribution in [2.75, 3.05) is 0 Å². The highest BCUT2D eigenvalue weighted by Crippen LogP contribution is 2.40. The summed E-state index contributed by atoms with van der Waals surface area (Å²) in [6, 6.07) is 2.29. The van der Waals surface area contributed by atoms with E-state index in [0.29, 0.717) is 11.8 Å². The predicted molar refractivity (Wildman–Crippen MR) is 65.8 cm³/mol. The third kappa shape index (κ3) is 3.22. The molecule has 0 heterocycles. The maximum absolute atomic E-state index is 10.6. The second kappa shape index (κ2) is 5.68. The van der Waals surface area contributed by atoms with Crippen molar-refractivity contribution < 1.29 is 5.11 Å². The third-order valence-corrected chi connectivity index (χ3v) is 3.88. The van der Waals surface area contributed by atoms with Crippen LogP contribution in [-0.2, 0) is 0 Å². The Morgan fingerprint density at radius 1 is 1.50 bits per heavy atom. The molecule has 3 atom stereocenters. The standard InChI is InChI=1S/C14H25NO/c1-4-13(10-15)14(16)7-5-6-12(9-14)8-11(2)3/h11-13,16H,4-9H2,1-3H3. The van der Waals surface area contributed by atoms with Crippen molar-refractivity contribution in [1.82, 2.24) is 0 Å². The van der Waals surface area contributed by atoms with Gasteiger partial charge in [0.15, 0.2) is 0 Å². The molecule has 1 fully saturated rings. The molecule has 0 spiro atoms. The molecule has 92 valence electrons. The summed E-state index contributed by atoms with van der Waals surface area (Å²) < 4.78 is 0. The first kappa shape index (κ1) is 13.5. The molecular formula is C14H25NO. The summed E-state index contributed by atoms with van der Waals surface area (Å²) in [6.45, 7) is 6.46. The van der Waals surface area contributed by atoms with E-state index in [-0.39, 0.29) is 5.92 Å². The molecule has 2 nitrogen and oxygen atoms in total. The fraction of sp³-hybridized carbons (Fsp3) is 0.929. The lowest BCUT2D eigenvalue weighted by Gasteiger charge is -2.40. The van der Waals surface area contributed by atoms with Crippen LogP contribution in [-0.4, -0.2) is 10.7 Å². The van der Waals surface area contributed by atoms with Crippen molar-refractivity contribution >= 4 is 0 Å². The SMILES string of the molecule is CCC(C#N)C1(O)CCCC(CC(C)C)C1. The Morgan fingerprint density at radius 2 is 2.19 bits per heavy atom. The van der Waals surface area contributed by atoms with Crippen LogP contribution >= 0.6 is 0 Å². The largest absolute Gasteiger partial charge is 0.389 e. The Morgan fingerprint density at radius 3 is 2.69 bits per heavy atom. The van der Waals surface area contributed by atoms with Gasteiger partial charge in [0.1, 0.15) is 0 Å². The quantitative estimate of drug-likeness (QED) is 0.792. The molecule has 0 aromatic carbocycles.